The predicted molar refractivity (Wildman–Crippen MR) is 306 cm³/mol. The fraction of sp³-hybridized carbons (Fsp3) is 0.121. The number of hydrogen-bond acceptors (Lipinski definition) is 6. The fourth-order valence-corrected chi connectivity index (χ4v) is 11.0. The van der Waals surface area contributed by atoms with Crippen LogP contribution >= 0.6 is 0 Å². The number of fused-ring (bicyclic) bond motifs is 6. The van der Waals surface area contributed by atoms with Gasteiger partial charge in [-0.3, -0.25) is 9.59 Å². The van der Waals surface area contributed by atoms with E-state index in [9.17, 15) is 9.59 Å². The Labute approximate surface area is 429 Å². The Bertz CT molecular complexity index is 4390. The summed E-state index contributed by atoms with van der Waals surface area (Å²) in [5.74, 6) is -0.323. The molecule has 2 N–H and O–H groups in total. The van der Waals surface area contributed by atoms with Crippen LogP contribution in [0.15, 0.2) is 158 Å². The minimum atomic E-state index is -0.187. The lowest BCUT2D eigenvalue weighted by molar-refractivity contribution is -0.114. The largest absolute Gasteiger partial charge is 0.326 e. The zero-order valence-corrected chi connectivity index (χ0v) is 42.6. The van der Waals surface area contributed by atoms with Gasteiger partial charge in [-0.1, -0.05) is 120 Å². The van der Waals surface area contributed by atoms with E-state index < -0.39 is 0 Å². The molecule has 0 saturated carbocycles. The van der Waals surface area contributed by atoms with E-state index in [1.54, 1.807) is 0 Å². The molecule has 8 nitrogen and oxygen atoms in total. The SMILES string of the molecule is CC(=O)Nc1ccc2nc(-c3ccc(-c4nc5ccc(NC(=O)c6cc7ccc(-c8c9ccc(C)cc9c(-c9ccc%10cc(C)cc(C)c%10c9)c9ccc(C)cc89)cc7cc6C)cc5nc4C)cc3)c(C)nc2c1. The molecule has 0 spiro atoms. The summed E-state index contributed by atoms with van der Waals surface area (Å²) in [7, 11) is 0. The number of nitrogens with one attached hydrogen (secondary N) is 2. The number of aryl methyl sites for hydroxylation is 7. The lowest BCUT2D eigenvalue weighted by atomic mass is 9.84. The molecule has 10 aromatic carbocycles. The lowest BCUT2D eigenvalue weighted by Gasteiger charge is -2.20. The first-order chi connectivity index (χ1) is 35.7. The molecule has 0 aliphatic heterocycles. The van der Waals surface area contributed by atoms with Crippen molar-refractivity contribution in [3.8, 4) is 44.8 Å². The van der Waals surface area contributed by atoms with Crippen LogP contribution in [0.3, 0.4) is 0 Å². The second kappa shape index (κ2) is 17.9. The van der Waals surface area contributed by atoms with Crippen molar-refractivity contribution in [1.29, 1.82) is 0 Å². The molecule has 0 saturated heterocycles. The highest BCUT2D eigenvalue weighted by atomic mass is 16.2. The number of nitrogens with zero attached hydrogens (tertiary/aromatic N) is 4. The lowest BCUT2D eigenvalue weighted by Crippen LogP contribution is -2.13. The molecule has 0 unspecified atom stereocenters. The molecule has 0 radical (unpaired) electrons. The van der Waals surface area contributed by atoms with Crippen molar-refractivity contribution >= 4 is 88.3 Å². The molecule has 2 heterocycles. The van der Waals surface area contributed by atoms with E-state index in [0.717, 1.165) is 66.8 Å². The van der Waals surface area contributed by atoms with Gasteiger partial charge in [0.2, 0.25) is 5.91 Å². The standard InChI is InChI=1S/C66H52N6O2/c1-35-10-22-53-56(27-35)62(52-21-9-36(2)28-57(52)63(53)48-18-16-46-26-37(3)25-38(4)54(46)32-48)47-17-15-45-31-55(39(5)29-49(45)30-47)66(74)70-51-20-24-59-61(34-51)68-41(7)65(72-59)44-13-11-43(12-14-44)64-40(6)67-60-33-50(69-42(8)73)19-23-58(60)71-64/h9-34H,1-8H3,(H,69,73)(H,70,74). The molecule has 12 rings (SSSR count). The molecular formula is C66H52N6O2. The van der Waals surface area contributed by atoms with Gasteiger partial charge in [0.25, 0.3) is 5.91 Å². The molecule has 2 amide bonds. The average Bonchev–Trinajstić information content (AvgIpc) is 3.37. The normalized spacial score (nSPS) is 11.6. The van der Waals surface area contributed by atoms with Gasteiger partial charge in [-0.25, -0.2) is 19.9 Å². The second-order valence-electron chi connectivity index (χ2n) is 20.0. The molecule has 0 atom stereocenters. The van der Waals surface area contributed by atoms with Crippen molar-refractivity contribution in [2.45, 2.75) is 55.4 Å². The summed E-state index contributed by atoms with van der Waals surface area (Å²) >= 11 is 0. The van der Waals surface area contributed by atoms with E-state index in [1.807, 2.05) is 87.5 Å². The number of amides is 2. The zero-order valence-electron chi connectivity index (χ0n) is 42.6. The maximum atomic E-state index is 14.1. The Hall–Kier alpha value is -9.14. The predicted octanol–water partition coefficient (Wildman–Crippen LogP) is 16.2. The van der Waals surface area contributed by atoms with Gasteiger partial charge in [0.15, 0.2) is 0 Å². The van der Waals surface area contributed by atoms with Gasteiger partial charge in [0.05, 0.1) is 44.8 Å². The molecule has 0 fully saturated rings. The Morgan fingerprint density at radius 3 is 1.46 bits per heavy atom. The monoisotopic (exact) mass is 960 g/mol. The number of anilines is 2. The third kappa shape index (κ3) is 8.24. The fourth-order valence-electron chi connectivity index (χ4n) is 11.0. The minimum Gasteiger partial charge on any atom is -0.326 e. The van der Waals surface area contributed by atoms with Crippen LogP contribution in [0.1, 0.15) is 56.5 Å². The third-order valence-electron chi connectivity index (χ3n) is 14.4. The quantitative estimate of drug-likeness (QED) is 0.154. The van der Waals surface area contributed by atoms with Crippen LogP contribution in [0, 0.1) is 48.5 Å². The molecule has 12 aromatic rings. The van der Waals surface area contributed by atoms with Gasteiger partial charge in [-0.05, 0) is 180 Å². The molecular weight excluding hydrogens is 909 g/mol. The summed E-state index contributed by atoms with van der Waals surface area (Å²) in [4.78, 5) is 45.4. The van der Waals surface area contributed by atoms with E-state index in [1.165, 1.54) is 78.2 Å². The van der Waals surface area contributed by atoms with Crippen LogP contribution in [-0.2, 0) is 4.79 Å². The van der Waals surface area contributed by atoms with Crippen molar-refractivity contribution in [3.63, 3.8) is 0 Å². The molecule has 2 aromatic heterocycles. The minimum absolute atomic E-state index is 0.136. The Morgan fingerprint density at radius 1 is 0.365 bits per heavy atom. The van der Waals surface area contributed by atoms with Crippen LogP contribution in [-0.4, -0.2) is 31.8 Å². The van der Waals surface area contributed by atoms with E-state index in [-0.39, 0.29) is 11.8 Å². The van der Waals surface area contributed by atoms with E-state index >= 15 is 0 Å². The van der Waals surface area contributed by atoms with Gasteiger partial charge in [-0.2, -0.15) is 0 Å². The Kier molecular flexibility index (Phi) is 11.1. The number of hydrogen-bond donors (Lipinski definition) is 2. The second-order valence-corrected chi connectivity index (χ2v) is 20.0. The molecule has 358 valence electrons. The summed E-state index contributed by atoms with van der Waals surface area (Å²) < 4.78 is 0. The summed E-state index contributed by atoms with van der Waals surface area (Å²) in [6.07, 6.45) is 0. The third-order valence-corrected chi connectivity index (χ3v) is 14.4. The zero-order chi connectivity index (χ0) is 51.1. The van der Waals surface area contributed by atoms with Crippen molar-refractivity contribution < 1.29 is 9.59 Å². The highest BCUT2D eigenvalue weighted by Crippen LogP contribution is 2.46. The van der Waals surface area contributed by atoms with Gasteiger partial charge in [0.1, 0.15) is 0 Å². The summed E-state index contributed by atoms with van der Waals surface area (Å²) in [6, 6.07) is 55.3. The van der Waals surface area contributed by atoms with Gasteiger partial charge >= 0.3 is 0 Å². The van der Waals surface area contributed by atoms with Crippen molar-refractivity contribution in [2.24, 2.45) is 0 Å². The topological polar surface area (TPSA) is 110 Å². The van der Waals surface area contributed by atoms with E-state index in [0.29, 0.717) is 28.0 Å². The molecule has 8 heteroatoms. The van der Waals surface area contributed by atoms with Crippen LogP contribution in [0.2, 0.25) is 0 Å². The van der Waals surface area contributed by atoms with Crippen molar-refractivity contribution in [1.82, 2.24) is 19.9 Å². The number of aromatic nitrogens is 4. The van der Waals surface area contributed by atoms with Gasteiger partial charge < -0.3 is 10.6 Å². The van der Waals surface area contributed by atoms with Crippen LogP contribution in [0.25, 0.3) is 110 Å². The maximum Gasteiger partial charge on any atom is 0.255 e. The summed E-state index contributed by atoms with van der Waals surface area (Å²) in [5.41, 5.74) is 20.5. The number of benzene rings is 10. The number of carbonyl (C=O) groups excluding carboxylic acids is 2. The Morgan fingerprint density at radius 2 is 0.892 bits per heavy atom. The smallest absolute Gasteiger partial charge is 0.255 e. The molecule has 74 heavy (non-hydrogen) atoms. The summed E-state index contributed by atoms with van der Waals surface area (Å²) in [5, 5.41) is 15.4. The van der Waals surface area contributed by atoms with Crippen LogP contribution in [0.4, 0.5) is 11.4 Å². The first-order valence-corrected chi connectivity index (χ1v) is 25.0. The molecule has 0 bridgehead atoms. The van der Waals surface area contributed by atoms with Crippen molar-refractivity contribution in [3.05, 3.63) is 202 Å². The number of carbonyl (C=O) groups is 2. The van der Waals surface area contributed by atoms with Crippen molar-refractivity contribution in [2.75, 3.05) is 10.6 Å². The van der Waals surface area contributed by atoms with Crippen LogP contribution in [0.5, 0.6) is 0 Å². The first kappa shape index (κ1) is 46.0. The molecule has 0 aliphatic carbocycles. The van der Waals surface area contributed by atoms with Gasteiger partial charge in [-0.15, -0.1) is 0 Å². The van der Waals surface area contributed by atoms with Crippen LogP contribution < -0.4 is 10.6 Å². The maximum absolute atomic E-state index is 14.1. The highest BCUT2D eigenvalue weighted by Gasteiger charge is 2.20. The first-order valence-electron chi connectivity index (χ1n) is 25.0. The Balaban J connectivity index is 0.826. The average molecular weight is 961 g/mol. The van der Waals surface area contributed by atoms with Gasteiger partial charge in [0, 0.05) is 35.0 Å². The number of rotatable bonds is 7. The summed E-state index contributed by atoms with van der Waals surface area (Å²) in [6.45, 7) is 16.1. The molecule has 0 aliphatic rings. The van der Waals surface area contributed by atoms with E-state index in [4.69, 9.17) is 19.9 Å². The van der Waals surface area contributed by atoms with E-state index in [2.05, 4.69) is 129 Å². The highest BCUT2D eigenvalue weighted by molar-refractivity contribution is 6.22.